The number of fused-ring (bicyclic) bond motifs is 1. The lowest BCUT2D eigenvalue weighted by Crippen LogP contribution is -2.61. The van der Waals surface area contributed by atoms with Crippen molar-refractivity contribution < 1.29 is 4.79 Å². The monoisotopic (exact) mass is 250 g/mol. The number of piperidine rings is 1. The van der Waals surface area contributed by atoms with Gasteiger partial charge in [-0.05, 0) is 39.2 Å². The minimum atomic E-state index is 0.490. The second kappa shape index (κ2) is 5.30. The Bertz CT molecular complexity index is 318. The second-order valence-corrected chi connectivity index (χ2v) is 6.48. The molecule has 0 bridgehead atoms. The summed E-state index contributed by atoms with van der Waals surface area (Å²) in [5, 5.41) is 0. The van der Waals surface area contributed by atoms with Gasteiger partial charge in [0.15, 0.2) is 0 Å². The van der Waals surface area contributed by atoms with E-state index in [0.717, 1.165) is 25.3 Å². The summed E-state index contributed by atoms with van der Waals surface area (Å²) in [6, 6.07) is 1.95. The summed E-state index contributed by atoms with van der Waals surface area (Å²) in [4.78, 5) is 17.0. The van der Waals surface area contributed by atoms with Crippen LogP contribution in [0.4, 0.5) is 0 Å². The van der Waals surface area contributed by atoms with Gasteiger partial charge in [0.25, 0.3) is 0 Å². The van der Waals surface area contributed by atoms with Gasteiger partial charge >= 0.3 is 0 Å². The van der Waals surface area contributed by atoms with Crippen LogP contribution in [0.3, 0.4) is 0 Å². The summed E-state index contributed by atoms with van der Waals surface area (Å²) in [6.07, 6.45) is 8.14. The summed E-state index contributed by atoms with van der Waals surface area (Å²) < 4.78 is 0. The first kappa shape index (κ1) is 12.6. The number of ketones is 1. The molecule has 2 aliphatic heterocycles. The molecule has 0 aromatic carbocycles. The van der Waals surface area contributed by atoms with Crippen LogP contribution >= 0.6 is 0 Å². The lowest BCUT2D eigenvalue weighted by atomic mass is 9.89. The Balaban J connectivity index is 1.66. The van der Waals surface area contributed by atoms with E-state index in [1.165, 1.54) is 45.3 Å². The predicted molar refractivity (Wildman–Crippen MR) is 72.6 cm³/mol. The molecule has 0 radical (unpaired) electrons. The molecule has 0 N–H and O–H groups in total. The molecule has 3 nitrogen and oxygen atoms in total. The zero-order valence-electron chi connectivity index (χ0n) is 11.6. The van der Waals surface area contributed by atoms with E-state index >= 15 is 0 Å². The molecule has 1 saturated carbocycles. The molecule has 3 atom stereocenters. The number of rotatable bonds is 1. The maximum absolute atomic E-state index is 11.7. The van der Waals surface area contributed by atoms with E-state index in [1.54, 1.807) is 0 Å². The zero-order valence-corrected chi connectivity index (χ0v) is 11.6. The number of hydrogen-bond donors (Lipinski definition) is 0. The molecular formula is C15H26N2O. The van der Waals surface area contributed by atoms with Crippen LogP contribution in [0.2, 0.25) is 0 Å². The van der Waals surface area contributed by atoms with Crippen LogP contribution in [0.5, 0.6) is 0 Å². The first-order valence-corrected chi connectivity index (χ1v) is 7.75. The van der Waals surface area contributed by atoms with Crippen LogP contribution in [-0.4, -0.2) is 53.3 Å². The molecule has 0 aromatic heterocycles. The number of piperazine rings is 1. The van der Waals surface area contributed by atoms with Gasteiger partial charge in [-0.1, -0.05) is 6.42 Å². The first-order valence-electron chi connectivity index (χ1n) is 7.75. The number of carbonyl (C=O) groups excluding carboxylic acids is 1. The van der Waals surface area contributed by atoms with Crippen molar-refractivity contribution in [1.82, 2.24) is 9.80 Å². The molecule has 3 heteroatoms. The highest BCUT2D eigenvalue weighted by Crippen LogP contribution is 2.29. The molecule has 102 valence electrons. The normalized spacial score (nSPS) is 39.6. The molecule has 0 aromatic rings. The van der Waals surface area contributed by atoms with Crippen molar-refractivity contribution in [1.29, 1.82) is 0 Å². The van der Waals surface area contributed by atoms with Gasteiger partial charge in [-0.3, -0.25) is 14.6 Å². The Morgan fingerprint density at radius 2 is 1.89 bits per heavy atom. The van der Waals surface area contributed by atoms with Crippen molar-refractivity contribution in [2.45, 2.75) is 70.0 Å². The minimum absolute atomic E-state index is 0.490. The van der Waals surface area contributed by atoms with Crippen molar-refractivity contribution in [3.63, 3.8) is 0 Å². The first-order chi connectivity index (χ1) is 8.74. The Hall–Kier alpha value is -0.410. The highest BCUT2D eigenvalue weighted by atomic mass is 16.1. The zero-order chi connectivity index (χ0) is 12.5. The van der Waals surface area contributed by atoms with Crippen molar-refractivity contribution in [2.24, 2.45) is 0 Å². The summed E-state index contributed by atoms with van der Waals surface area (Å²) in [6.45, 7) is 6.07. The molecule has 18 heavy (non-hydrogen) atoms. The molecule has 2 saturated heterocycles. The quantitative estimate of drug-likeness (QED) is 0.711. The largest absolute Gasteiger partial charge is 0.300 e. The van der Waals surface area contributed by atoms with Crippen LogP contribution in [0.15, 0.2) is 0 Å². The van der Waals surface area contributed by atoms with Crippen molar-refractivity contribution in [3.8, 4) is 0 Å². The molecule has 3 rings (SSSR count). The Morgan fingerprint density at radius 3 is 2.72 bits per heavy atom. The average molecular weight is 250 g/mol. The van der Waals surface area contributed by atoms with Gasteiger partial charge in [0.05, 0.1) is 0 Å². The molecule has 2 heterocycles. The highest BCUT2D eigenvalue weighted by Gasteiger charge is 2.37. The van der Waals surface area contributed by atoms with Gasteiger partial charge in [-0.25, -0.2) is 0 Å². The van der Waals surface area contributed by atoms with Crippen LogP contribution < -0.4 is 0 Å². The van der Waals surface area contributed by atoms with Crippen LogP contribution in [0, 0.1) is 0 Å². The van der Waals surface area contributed by atoms with E-state index < -0.39 is 0 Å². The lowest BCUT2D eigenvalue weighted by molar-refractivity contribution is -0.123. The second-order valence-electron chi connectivity index (χ2n) is 6.48. The fourth-order valence-corrected chi connectivity index (χ4v) is 4.17. The Kier molecular flexibility index (Phi) is 3.71. The molecule has 3 fully saturated rings. The van der Waals surface area contributed by atoms with E-state index in [9.17, 15) is 4.79 Å². The highest BCUT2D eigenvalue weighted by molar-refractivity contribution is 5.79. The molecule has 3 aliphatic rings. The summed E-state index contributed by atoms with van der Waals surface area (Å²) in [5.41, 5.74) is 0. The molecule has 3 unspecified atom stereocenters. The van der Waals surface area contributed by atoms with Crippen molar-refractivity contribution in [2.75, 3.05) is 19.6 Å². The van der Waals surface area contributed by atoms with Gasteiger partial charge in [0, 0.05) is 44.1 Å². The number of carbonyl (C=O) groups is 1. The SMILES string of the molecule is CC1CN2CCCCC2CN1C1CCCC(=O)C1. The van der Waals surface area contributed by atoms with Crippen LogP contribution in [0.1, 0.15) is 51.9 Å². The van der Waals surface area contributed by atoms with Crippen LogP contribution in [0.25, 0.3) is 0 Å². The van der Waals surface area contributed by atoms with Gasteiger partial charge in [0.1, 0.15) is 5.78 Å². The molecule has 0 amide bonds. The maximum Gasteiger partial charge on any atom is 0.134 e. The van der Waals surface area contributed by atoms with Gasteiger partial charge in [-0.15, -0.1) is 0 Å². The standard InChI is InChI=1S/C15H26N2O/c1-12-10-16-8-3-2-5-14(16)11-17(12)13-6-4-7-15(18)9-13/h12-14H,2-11H2,1H3. The van der Waals surface area contributed by atoms with E-state index in [0.29, 0.717) is 17.9 Å². The lowest BCUT2D eigenvalue weighted by Gasteiger charge is -2.50. The van der Waals surface area contributed by atoms with E-state index in [-0.39, 0.29) is 0 Å². The molecular weight excluding hydrogens is 224 g/mol. The van der Waals surface area contributed by atoms with E-state index in [4.69, 9.17) is 0 Å². The smallest absolute Gasteiger partial charge is 0.134 e. The van der Waals surface area contributed by atoms with E-state index in [2.05, 4.69) is 16.7 Å². The van der Waals surface area contributed by atoms with Crippen molar-refractivity contribution >= 4 is 5.78 Å². The third kappa shape index (κ3) is 2.48. The number of nitrogens with zero attached hydrogens (tertiary/aromatic N) is 2. The minimum Gasteiger partial charge on any atom is -0.300 e. The fraction of sp³-hybridized carbons (Fsp3) is 0.933. The third-order valence-corrected chi connectivity index (χ3v) is 5.16. The summed E-state index contributed by atoms with van der Waals surface area (Å²) in [7, 11) is 0. The van der Waals surface area contributed by atoms with Gasteiger partial charge in [0.2, 0.25) is 0 Å². The molecule has 1 aliphatic carbocycles. The fourth-order valence-electron chi connectivity index (χ4n) is 4.17. The van der Waals surface area contributed by atoms with Crippen LogP contribution in [-0.2, 0) is 4.79 Å². The van der Waals surface area contributed by atoms with Crippen molar-refractivity contribution in [3.05, 3.63) is 0 Å². The number of Topliss-reactive ketones (excluding diaryl/α,β-unsaturated/α-hetero) is 1. The Labute approximate surface area is 111 Å². The summed E-state index contributed by atoms with van der Waals surface area (Å²) in [5.74, 6) is 0.490. The van der Waals surface area contributed by atoms with Gasteiger partial charge in [-0.2, -0.15) is 0 Å². The van der Waals surface area contributed by atoms with Gasteiger partial charge < -0.3 is 0 Å². The average Bonchev–Trinajstić information content (AvgIpc) is 2.38. The van der Waals surface area contributed by atoms with E-state index in [1.807, 2.05) is 0 Å². The predicted octanol–water partition coefficient (Wildman–Crippen LogP) is 2.06. The maximum atomic E-state index is 11.7. The number of hydrogen-bond acceptors (Lipinski definition) is 3. The topological polar surface area (TPSA) is 23.6 Å². The molecule has 0 spiro atoms. The Morgan fingerprint density at radius 1 is 1.06 bits per heavy atom. The third-order valence-electron chi connectivity index (χ3n) is 5.16. The summed E-state index contributed by atoms with van der Waals surface area (Å²) >= 11 is 0.